The molecule has 1 nitrogen and oxygen atoms in total. The van der Waals surface area contributed by atoms with E-state index in [4.69, 9.17) is 0 Å². The summed E-state index contributed by atoms with van der Waals surface area (Å²) < 4.78 is 101. The van der Waals surface area contributed by atoms with E-state index in [1.807, 2.05) is 0 Å². The zero-order valence-electron chi connectivity index (χ0n) is 9.69. The molecule has 0 saturated carbocycles. The topological polar surface area (TPSA) is 12.0 Å². The van der Waals surface area contributed by atoms with Gasteiger partial charge in [0.1, 0.15) is 0 Å². The summed E-state index contributed by atoms with van der Waals surface area (Å²) in [6.07, 6.45) is -4.90. The van der Waals surface area contributed by atoms with Crippen LogP contribution in [0.25, 0.3) is 0 Å². The molecule has 0 bridgehead atoms. The first-order valence-corrected chi connectivity index (χ1v) is 5.23. The second-order valence-corrected chi connectivity index (χ2v) is 3.92. The summed E-state index contributed by atoms with van der Waals surface area (Å²) in [4.78, 5) is 0. The summed E-state index contributed by atoms with van der Waals surface area (Å²) in [7, 11) is 0. The molecule has 114 valence electrons. The number of hydrogen-bond acceptors (Lipinski definition) is 1. The summed E-state index contributed by atoms with van der Waals surface area (Å²) in [5.74, 6) is -17.7. The van der Waals surface area contributed by atoms with Gasteiger partial charge in [0.15, 0.2) is 0 Å². The predicted molar refractivity (Wildman–Crippen MR) is 55.8 cm³/mol. The summed E-state index contributed by atoms with van der Waals surface area (Å²) in [5.41, 5.74) is -0.0386. The van der Waals surface area contributed by atoms with Crippen molar-refractivity contribution in [1.29, 1.82) is 0 Å². The molecule has 0 aliphatic rings. The van der Waals surface area contributed by atoms with E-state index in [9.17, 15) is 35.1 Å². The van der Waals surface area contributed by atoms with Gasteiger partial charge in [-0.15, -0.1) is 0 Å². The van der Waals surface area contributed by atoms with Gasteiger partial charge in [-0.05, 0) is 12.1 Å². The highest BCUT2D eigenvalue weighted by atomic mass is 19.4. The van der Waals surface area contributed by atoms with Crippen LogP contribution >= 0.6 is 0 Å². The first kappa shape index (κ1) is 16.5. The first-order chi connectivity index (χ1) is 9.02. The van der Waals surface area contributed by atoms with Gasteiger partial charge in [0.2, 0.25) is 0 Å². The molecule has 1 N–H and O–H groups in total. The molecule has 0 spiro atoms. The lowest BCUT2D eigenvalue weighted by Crippen LogP contribution is -2.59. The monoisotopic (exact) mass is 307 g/mol. The Morgan fingerprint density at radius 2 is 1.40 bits per heavy atom. The fourth-order valence-electron chi connectivity index (χ4n) is 1.26. The van der Waals surface area contributed by atoms with Crippen molar-refractivity contribution in [3.8, 4) is 0 Å². The molecule has 1 aromatic rings. The molecule has 0 amide bonds. The van der Waals surface area contributed by atoms with E-state index in [-0.39, 0.29) is 5.69 Å². The fraction of sp³-hybridized carbons (Fsp3) is 0.455. The highest BCUT2D eigenvalue weighted by Crippen LogP contribution is 2.48. The van der Waals surface area contributed by atoms with Crippen LogP contribution in [0.15, 0.2) is 30.3 Å². The van der Waals surface area contributed by atoms with E-state index < -0.39 is 30.7 Å². The van der Waals surface area contributed by atoms with Crippen LogP contribution in [0.4, 0.5) is 40.8 Å². The zero-order chi connectivity index (χ0) is 15.6. The number of alkyl halides is 8. The average molecular weight is 307 g/mol. The quantitative estimate of drug-likeness (QED) is 0.774. The number of benzene rings is 1. The van der Waals surface area contributed by atoms with Gasteiger partial charge in [-0.25, -0.2) is 8.78 Å². The lowest BCUT2D eigenvalue weighted by molar-refractivity contribution is -0.334. The molecule has 9 heteroatoms. The SMILES string of the molecule is FC(F)C(F)(F)C(F)(F)C(F)(F)CNc1ccccc1. The van der Waals surface area contributed by atoms with Crippen LogP contribution in [0.5, 0.6) is 0 Å². The van der Waals surface area contributed by atoms with Crippen molar-refractivity contribution >= 4 is 5.69 Å². The molecule has 0 aromatic heterocycles. The van der Waals surface area contributed by atoms with Crippen molar-refractivity contribution in [2.45, 2.75) is 24.2 Å². The Hall–Kier alpha value is -1.54. The van der Waals surface area contributed by atoms with Gasteiger partial charge in [-0.2, -0.15) is 26.3 Å². The number of anilines is 1. The standard InChI is InChI=1S/C11H9F8N/c12-8(13)10(16,17)11(18,19)9(14,15)6-20-7-4-2-1-3-5-7/h1-5,8,20H,6H2. The molecule has 0 radical (unpaired) electrons. The highest BCUT2D eigenvalue weighted by molar-refractivity contribution is 5.42. The van der Waals surface area contributed by atoms with Crippen molar-refractivity contribution in [3.63, 3.8) is 0 Å². The molecule has 1 rings (SSSR count). The Kier molecular flexibility index (Phi) is 4.50. The number of rotatable bonds is 6. The van der Waals surface area contributed by atoms with Gasteiger partial charge in [0, 0.05) is 5.69 Å². The third kappa shape index (κ3) is 2.96. The average Bonchev–Trinajstić information content (AvgIpc) is 2.37. The Morgan fingerprint density at radius 1 is 0.900 bits per heavy atom. The molecule has 0 atom stereocenters. The Labute approximate surface area is 108 Å². The van der Waals surface area contributed by atoms with Gasteiger partial charge < -0.3 is 5.32 Å². The van der Waals surface area contributed by atoms with E-state index in [0.717, 1.165) is 0 Å². The molecule has 0 unspecified atom stereocenters. The second kappa shape index (κ2) is 5.45. The molecule has 20 heavy (non-hydrogen) atoms. The molecule has 0 heterocycles. The molecule has 0 fully saturated rings. The Morgan fingerprint density at radius 3 is 1.85 bits per heavy atom. The van der Waals surface area contributed by atoms with Gasteiger partial charge >= 0.3 is 24.2 Å². The Balaban J connectivity index is 2.87. The lowest BCUT2D eigenvalue weighted by Gasteiger charge is -2.32. The summed E-state index contributed by atoms with van der Waals surface area (Å²) >= 11 is 0. The van der Waals surface area contributed by atoms with Gasteiger partial charge in [-0.1, -0.05) is 18.2 Å². The van der Waals surface area contributed by atoms with Crippen LogP contribution in [-0.4, -0.2) is 30.7 Å². The molecule has 0 aliphatic heterocycles. The molecule has 0 saturated heterocycles. The number of para-hydroxylation sites is 1. The molecular weight excluding hydrogens is 298 g/mol. The van der Waals surface area contributed by atoms with Crippen molar-refractivity contribution in [2.24, 2.45) is 0 Å². The third-order valence-electron chi connectivity index (χ3n) is 2.44. The van der Waals surface area contributed by atoms with Crippen LogP contribution < -0.4 is 5.32 Å². The zero-order valence-corrected chi connectivity index (χ0v) is 9.69. The second-order valence-electron chi connectivity index (χ2n) is 3.92. The minimum absolute atomic E-state index is 0.0386. The van der Waals surface area contributed by atoms with Crippen LogP contribution in [0.2, 0.25) is 0 Å². The van der Waals surface area contributed by atoms with Crippen LogP contribution in [0.1, 0.15) is 0 Å². The van der Waals surface area contributed by atoms with E-state index in [2.05, 4.69) is 0 Å². The summed E-state index contributed by atoms with van der Waals surface area (Å²) in [6.45, 7) is -1.91. The van der Waals surface area contributed by atoms with E-state index in [1.165, 1.54) is 30.3 Å². The minimum atomic E-state index is -6.18. The van der Waals surface area contributed by atoms with Gasteiger partial charge in [0.25, 0.3) is 0 Å². The van der Waals surface area contributed by atoms with Gasteiger partial charge in [-0.3, -0.25) is 0 Å². The predicted octanol–water partition coefficient (Wildman–Crippen LogP) is 4.27. The summed E-state index contributed by atoms with van der Waals surface area (Å²) in [5, 5.41) is 1.79. The van der Waals surface area contributed by atoms with Gasteiger partial charge in [0.05, 0.1) is 6.54 Å². The smallest absolute Gasteiger partial charge is 0.379 e. The fourth-order valence-corrected chi connectivity index (χ4v) is 1.26. The van der Waals surface area contributed by atoms with Crippen molar-refractivity contribution in [3.05, 3.63) is 30.3 Å². The maximum Gasteiger partial charge on any atom is 0.379 e. The van der Waals surface area contributed by atoms with E-state index in [0.29, 0.717) is 0 Å². The normalized spacial score (nSPS) is 13.7. The van der Waals surface area contributed by atoms with Crippen molar-refractivity contribution in [1.82, 2.24) is 0 Å². The maximum absolute atomic E-state index is 13.1. The number of nitrogens with one attached hydrogen (secondary N) is 1. The lowest BCUT2D eigenvalue weighted by atomic mass is 10.0. The highest BCUT2D eigenvalue weighted by Gasteiger charge is 2.75. The number of halogens is 8. The van der Waals surface area contributed by atoms with Crippen molar-refractivity contribution < 1.29 is 35.1 Å². The summed E-state index contributed by atoms with van der Waals surface area (Å²) in [6, 6.07) is 6.71. The van der Waals surface area contributed by atoms with Crippen molar-refractivity contribution in [2.75, 3.05) is 11.9 Å². The Bertz CT molecular complexity index is 431. The van der Waals surface area contributed by atoms with E-state index in [1.54, 1.807) is 5.32 Å². The largest absolute Gasteiger partial charge is 0.379 e. The van der Waals surface area contributed by atoms with Crippen LogP contribution in [-0.2, 0) is 0 Å². The van der Waals surface area contributed by atoms with E-state index >= 15 is 0 Å². The molecular formula is C11H9F8N. The number of hydrogen-bond donors (Lipinski definition) is 1. The first-order valence-electron chi connectivity index (χ1n) is 5.23. The van der Waals surface area contributed by atoms with Crippen LogP contribution in [0.3, 0.4) is 0 Å². The molecule has 1 aromatic carbocycles. The maximum atomic E-state index is 13.1. The molecule has 0 aliphatic carbocycles. The minimum Gasteiger partial charge on any atom is -0.379 e. The van der Waals surface area contributed by atoms with Crippen LogP contribution in [0, 0.1) is 0 Å². The third-order valence-corrected chi connectivity index (χ3v) is 2.44.